The Morgan fingerprint density at radius 3 is 2.23 bits per heavy atom. The van der Waals surface area contributed by atoms with Crippen molar-refractivity contribution in [3.05, 3.63) is 106 Å². The Labute approximate surface area is 235 Å². The summed E-state index contributed by atoms with van der Waals surface area (Å²) in [5, 5.41) is 3.06. The maximum atomic E-state index is 13.4. The summed E-state index contributed by atoms with van der Waals surface area (Å²) in [4.78, 5) is 26.3. The number of halogens is 4. The van der Waals surface area contributed by atoms with Crippen molar-refractivity contribution in [2.24, 2.45) is 0 Å². The highest BCUT2D eigenvalue weighted by Crippen LogP contribution is 2.35. The van der Waals surface area contributed by atoms with Crippen LogP contribution in [0.4, 0.5) is 29.5 Å². The zero-order valence-electron chi connectivity index (χ0n) is 21.8. The van der Waals surface area contributed by atoms with E-state index in [-0.39, 0.29) is 5.69 Å². The highest BCUT2D eigenvalue weighted by molar-refractivity contribution is 6.30. The van der Waals surface area contributed by atoms with Gasteiger partial charge in [-0.3, -0.25) is 0 Å². The van der Waals surface area contributed by atoms with E-state index in [4.69, 9.17) is 21.6 Å². The molecule has 0 radical (unpaired) electrons. The van der Waals surface area contributed by atoms with E-state index in [1.807, 2.05) is 37.3 Å². The summed E-state index contributed by atoms with van der Waals surface area (Å²) in [6, 6.07) is 21.8. The second-order valence-electron chi connectivity index (χ2n) is 9.55. The van der Waals surface area contributed by atoms with E-state index in [2.05, 4.69) is 22.3 Å². The molecule has 0 unspecified atom stereocenters. The summed E-state index contributed by atoms with van der Waals surface area (Å²) in [5.74, 6) is 1.36. The lowest BCUT2D eigenvalue weighted by atomic mass is 10.0. The predicted octanol–water partition coefficient (Wildman–Crippen LogP) is 7.07. The molecule has 0 saturated carbocycles. The number of piperazine rings is 1. The molecule has 4 aromatic rings. The van der Waals surface area contributed by atoms with Crippen LogP contribution in [0, 0.1) is 6.92 Å². The number of rotatable bonds is 5. The molecule has 2 heterocycles. The van der Waals surface area contributed by atoms with Gasteiger partial charge in [-0.05, 0) is 48.9 Å². The molecule has 1 saturated heterocycles. The summed E-state index contributed by atoms with van der Waals surface area (Å²) in [7, 11) is 0. The van der Waals surface area contributed by atoms with Gasteiger partial charge in [0.1, 0.15) is 5.82 Å². The predicted molar refractivity (Wildman–Crippen MR) is 151 cm³/mol. The van der Waals surface area contributed by atoms with Gasteiger partial charge >= 0.3 is 12.2 Å². The largest absolute Gasteiger partial charge is 0.418 e. The molecule has 40 heavy (non-hydrogen) atoms. The van der Waals surface area contributed by atoms with Crippen molar-refractivity contribution < 1.29 is 18.0 Å². The molecule has 2 amide bonds. The highest BCUT2D eigenvalue weighted by Gasteiger charge is 2.34. The first kappa shape index (κ1) is 27.5. The highest BCUT2D eigenvalue weighted by atomic mass is 35.5. The lowest BCUT2D eigenvalue weighted by Gasteiger charge is -2.36. The second kappa shape index (κ2) is 11.6. The van der Waals surface area contributed by atoms with Crippen LogP contribution < -0.4 is 10.2 Å². The van der Waals surface area contributed by atoms with Crippen LogP contribution in [0.2, 0.25) is 5.02 Å². The number of anilines is 2. The number of alkyl halides is 3. The number of nitrogens with one attached hydrogen (secondary N) is 1. The van der Waals surface area contributed by atoms with Gasteiger partial charge in [0.25, 0.3) is 0 Å². The Morgan fingerprint density at radius 1 is 0.900 bits per heavy atom. The molecule has 3 aromatic carbocycles. The maximum Gasteiger partial charge on any atom is 0.418 e. The van der Waals surface area contributed by atoms with Gasteiger partial charge < -0.3 is 15.1 Å². The van der Waals surface area contributed by atoms with Crippen molar-refractivity contribution in [1.29, 1.82) is 0 Å². The van der Waals surface area contributed by atoms with E-state index in [1.54, 1.807) is 12.1 Å². The molecule has 1 aromatic heterocycles. The van der Waals surface area contributed by atoms with Crippen LogP contribution in [0.3, 0.4) is 0 Å². The number of hydrogen-bond donors (Lipinski definition) is 1. The van der Waals surface area contributed by atoms with E-state index >= 15 is 0 Å². The molecule has 206 valence electrons. The number of aryl methyl sites for hydroxylation is 1. The Bertz CT molecular complexity index is 1490. The zero-order valence-corrected chi connectivity index (χ0v) is 22.5. The van der Waals surface area contributed by atoms with E-state index in [1.165, 1.54) is 23.1 Å². The number of aromatic nitrogens is 2. The molecule has 1 aliphatic heterocycles. The molecule has 1 aliphatic rings. The summed E-state index contributed by atoms with van der Waals surface area (Å²) in [6.07, 6.45) is -3.93. The molecule has 0 bridgehead atoms. The maximum absolute atomic E-state index is 13.4. The number of amides is 2. The SMILES string of the molecule is Cc1nc(-c2ccc(Cl)cc2)nc(N2CCN(C(=O)Nc3ccccc3C(F)(F)F)CC2)c1Cc1ccccc1. The molecule has 10 heteroatoms. The molecule has 0 atom stereocenters. The lowest BCUT2D eigenvalue weighted by molar-refractivity contribution is -0.136. The average molecular weight is 566 g/mol. The summed E-state index contributed by atoms with van der Waals surface area (Å²) >= 11 is 6.08. The van der Waals surface area contributed by atoms with Gasteiger partial charge in [-0.2, -0.15) is 13.2 Å². The monoisotopic (exact) mass is 565 g/mol. The van der Waals surface area contributed by atoms with E-state index < -0.39 is 17.8 Å². The zero-order chi connectivity index (χ0) is 28.3. The van der Waals surface area contributed by atoms with Crippen LogP contribution in [0.25, 0.3) is 11.4 Å². The molecular formula is C30H27ClF3N5O. The fourth-order valence-corrected chi connectivity index (χ4v) is 4.86. The van der Waals surface area contributed by atoms with Crippen molar-refractivity contribution in [2.75, 3.05) is 36.4 Å². The number of carbonyl (C=O) groups excluding carboxylic acids is 1. The Hall–Kier alpha value is -4.11. The third kappa shape index (κ3) is 6.20. The Balaban J connectivity index is 1.38. The van der Waals surface area contributed by atoms with Gasteiger partial charge in [-0.25, -0.2) is 14.8 Å². The average Bonchev–Trinajstić information content (AvgIpc) is 2.95. The summed E-state index contributed by atoms with van der Waals surface area (Å²) in [5.41, 5.74) is 2.66. The van der Waals surface area contributed by atoms with E-state index in [0.717, 1.165) is 34.3 Å². The Morgan fingerprint density at radius 2 is 1.55 bits per heavy atom. The standard InChI is InChI=1S/C30H27ClF3N5O/c1-20-24(19-21-7-3-2-4-8-21)28(37-27(35-20)22-11-13-23(31)14-12-22)38-15-17-39(18-16-38)29(40)36-26-10-6-5-9-25(26)30(32,33)34/h2-14H,15-19H2,1H3,(H,36,40). The first-order valence-corrected chi connectivity index (χ1v) is 13.2. The minimum absolute atomic E-state index is 0.258. The van der Waals surface area contributed by atoms with Gasteiger partial charge in [0.2, 0.25) is 0 Å². The van der Waals surface area contributed by atoms with Crippen molar-refractivity contribution >= 4 is 29.1 Å². The fourth-order valence-electron chi connectivity index (χ4n) is 4.73. The number of benzene rings is 3. The van der Waals surface area contributed by atoms with Crippen LogP contribution in [-0.2, 0) is 12.6 Å². The number of urea groups is 1. The lowest BCUT2D eigenvalue weighted by Crippen LogP contribution is -2.50. The van der Waals surface area contributed by atoms with Gasteiger partial charge in [0.05, 0.1) is 11.3 Å². The first-order valence-electron chi connectivity index (χ1n) is 12.8. The smallest absolute Gasteiger partial charge is 0.353 e. The number of carbonyl (C=O) groups is 1. The summed E-state index contributed by atoms with van der Waals surface area (Å²) in [6.45, 7) is 3.54. The quantitative estimate of drug-likeness (QED) is 0.281. The van der Waals surface area contributed by atoms with Crippen LogP contribution >= 0.6 is 11.6 Å². The van der Waals surface area contributed by atoms with Crippen LogP contribution in [0.5, 0.6) is 0 Å². The van der Waals surface area contributed by atoms with Gasteiger partial charge in [0, 0.05) is 54.4 Å². The van der Waals surface area contributed by atoms with Crippen LogP contribution in [-0.4, -0.2) is 47.1 Å². The van der Waals surface area contributed by atoms with Crippen LogP contribution in [0.1, 0.15) is 22.4 Å². The number of para-hydroxylation sites is 1. The van der Waals surface area contributed by atoms with Crippen molar-refractivity contribution in [2.45, 2.75) is 19.5 Å². The van der Waals surface area contributed by atoms with Gasteiger partial charge in [-0.15, -0.1) is 0 Å². The van der Waals surface area contributed by atoms with E-state index in [0.29, 0.717) is 43.4 Å². The van der Waals surface area contributed by atoms with Crippen molar-refractivity contribution in [1.82, 2.24) is 14.9 Å². The molecule has 1 fully saturated rings. The van der Waals surface area contributed by atoms with E-state index in [9.17, 15) is 18.0 Å². The number of nitrogens with zero attached hydrogens (tertiary/aromatic N) is 4. The Kier molecular flexibility index (Phi) is 7.93. The molecular weight excluding hydrogens is 539 g/mol. The first-order chi connectivity index (χ1) is 19.2. The van der Waals surface area contributed by atoms with Crippen molar-refractivity contribution in [3.8, 4) is 11.4 Å². The van der Waals surface area contributed by atoms with Gasteiger partial charge in [0.15, 0.2) is 5.82 Å². The third-order valence-corrected chi connectivity index (χ3v) is 7.11. The molecule has 0 spiro atoms. The second-order valence-corrected chi connectivity index (χ2v) is 9.99. The fraction of sp³-hybridized carbons (Fsp3) is 0.233. The molecule has 6 nitrogen and oxygen atoms in total. The van der Waals surface area contributed by atoms with Crippen LogP contribution in [0.15, 0.2) is 78.9 Å². The topological polar surface area (TPSA) is 61.4 Å². The molecule has 5 rings (SSSR count). The van der Waals surface area contributed by atoms with Crippen molar-refractivity contribution in [3.63, 3.8) is 0 Å². The molecule has 0 aliphatic carbocycles. The minimum Gasteiger partial charge on any atom is -0.353 e. The normalized spacial score (nSPS) is 13.8. The minimum atomic E-state index is -4.57. The van der Waals surface area contributed by atoms with Gasteiger partial charge in [-0.1, -0.05) is 54.1 Å². The number of hydrogen-bond acceptors (Lipinski definition) is 4. The summed E-state index contributed by atoms with van der Waals surface area (Å²) < 4.78 is 40.2. The third-order valence-electron chi connectivity index (χ3n) is 6.86. The molecule has 1 N–H and O–H groups in total.